The van der Waals surface area contributed by atoms with Crippen molar-refractivity contribution in [2.24, 2.45) is 0 Å². The van der Waals surface area contributed by atoms with Gasteiger partial charge in [-0.1, -0.05) is 6.07 Å². The second kappa shape index (κ2) is 10.2. The molecule has 162 valence electrons. The maximum absolute atomic E-state index is 12.9. The van der Waals surface area contributed by atoms with E-state index in [0.717, 1.165) is 44.0 Å². The molecule has 0 aliphatic carbocycles. The van der Waals surface area contributed by atoms with Crippen LogP contribution in [-0.2, 0) is 17.8 Å². The highest BCUT2D eigenvalue weighted by Crippen LogP contribution is 2.40. The Balaban J connectivity index is 1.57. The highest BCUT2D eigenvalue weighted by atomic mass is 16.5. The summed E-state index contributed by atoms with van der Waals surface area (Å²) in [7, 11) is 6.40. The van der Waals surface area contributed by atoms with Crippen molar-refractivity contribution in [3.8, 4) is 23.0 Å². The summed E-state index contributed by atoms with van der Waals surface area (Å²) >= 11 is 0. The van der Waals surface area contributed by atoms with Crippen LogP contribution in [0.25, 0.3) is 0 Å². The van der Waals surface area contributed by atoms with Crippen molar-refractivity contribution in [1.29, 1.82) is 0 Å². The third kappa shape index (κ3) is 4.97. The van der Waals surface area contributed by atoms with Crippen molar-refractivity contribution in [1.82, 2.24) is 4.90 Å². The molecule has 2 aromatic carbocycles. The second-order valence-corrected chi connectivity index (χ2v) is 7.33. The van der Waals surface area contributed by atoms with E-state index in [4.69, 9.17) is 18.9 Å². The van der Waals surface area contributed by atoms with Gasteiger partial charge in [0.2, 0.25) is 11.7 Å². The number of amides is 1. The molecule has 1 amide bonds. The highest BCUT2D eigenvalue weighted by Gasteiger charge is 2.25. The van der Waals surface area contributed by atoms with Gasteiger partial charge in [-0.3, -0.25) is 4.79 Å². The van der Waals surface area contributed by atoms with Crippen molar-refractivity contribution < 1.29 is 28.6 Å². The van der Waals surface area contributed by atoms with Gasteiger partial charge in [0.25, 0.3) is 0 Å². The van der Waals surface area contributed by atoms with Crippen molar-refractivity contribution in [3.05, 3.63) is 47.5 Å². The number of hydrogen-bond donors (Lipinski definition) is 1. The van der Waals surface area contributed by atoms with E-state index in [-0.39, 0.29) is 12.3 Å². The molecule has 1 aliphatic rings. The average molecular weight is 416 g/mol. The van der Waals surface area contributed by atoms with E-state index < -0.39 is 0 Å². The molecule has 2 aromatic rings. The van der Waals surface area contributed by atoms with Crippen LogP contribution in [0.2, 0.25) is 0 Å². The van der Waals surface area contributed by atoms with Gasteiger partial charge in [0, 0.05) is 11.1 Å². The zero-order valence-corrected chi connectivity index (χ0v) is 18.2. The molecular formula is C23H31N2O5+. The third-order valence-electron chi connectivity index (χ3n) is 5.56. The van der Waals surface area contributed by atoms with Crippen molar-refractivity contribution in [2.45, 2.75) is 13.0 Å². The van der Waals surface area contributed by atoms with Crippen LogP contribution in [0.4, 0.5) is 0 Å². The van der Waals surface area contributed by atoms with Crippen LogP contribution in [0.5, 0.6) is 23.0 Å². The first-order chi connectivity index (χ1) is 14.6. The molecular weight excluding hydrogens is 384 g/mol. The number of piperazine rings is 1. The first-order valence-electron chi connectivity index (χ1n) is 10.1. The smallest absolute Gasteiger partial charge is 0.227 e. The molecule has 0 spiro atoms. The largest absolute Gasteiger partial charge is 0.497 e. The molecule has 0 unspecified atom stereocenters. The number of quaternary nitrogens is 1. The summed E-state index contributed by atoms with van der Waals surface area (Å²) in [5.74, 6) is 2.62. The molecule has 0 saturated carbocycles. The van der Waals surface area contributed by atoms with E-state index in [1.807, 2.05) is 23.1 Å². The van der Waals surface area contributed by atoms with Crippen molar-refractivity contribution in [3.63, 3.8) is 0 Å². The summed E-state index contributed by atoms with van der Waals surface area (Å²) in [4.78, 5) is 16.3. The van der Waals surface area contributed by atoms with Gasteiger partial charge in [-0.25, -0.2) is 0 Å². The molecule has 30 heavy (non-hydrogen) atoms. The van der Waals surface area contributed by atoms with Gasteiger partial charge in [-0.05, 0) is 30.3 Å². The molecule has 1 fully saturated rings. The molecule has 0 atom stereocenters. The third-order valence-corrected chi connectivity index (χ3v) is 5.56. The van der Waals surface area contributed by atoms with E-state index in [9.17, 15) is 4.79 Å². The maximum atomic E-state index is 12.9. The standard InChI is InChI=1S/C23H30N2O5/c1-27-19-8-5-17(6-9-19)16-24-11-13-25(14-12-24)21(26)15-18-7-10-20(28-2)23(30-4)22(18)29-3/h5-10H,11-16H2,1-4H3/p+1. The second-order valence-electron chi connectivity index (χ2n) is 7.33. The van der Waals surface area contributed by atoms with Gasteiger partial charge in [-0.2, -0.15) is 0 Å². The van der Waals surface area contributed by atoms with Gasteiger partial charge >= 0.3 is 0 Å². The fourth-order valence-corrected chi connectivity index (χ4v) is 3.86. The topological polar surface area (TPSA) is 61.7 Å². The monoisotopic (exact) mass is 415 g/mol. The van der Waals surface area contributed by atoms with E-state index in [1.54, 1.807) is 34.5 Å². The van der Waals surface area contributed by atoms with Gasteiger partial charge in [0.05, 0.1) is 61.0 Å². The van der Waals surface area contributed by atoms with E-state index in [1.165, 1.54) is 10.5 Å². The molecule has 1 N–H and O–H groups in total. The summed E-state index contributed by atoms with van der Waals surface area (Å²) in [5, 5.41) is 0. The highest BCUT2D eigenvalue weighted by molar-refractivity contribution is 5.80. The van der Waals surface area contributed by atoms with Gasteiger partial charge in [0.15, 0.2) is 11.5 Å². The number of nitrogens with one attached hydrogen (secondary N) is 1. The molecule has 0 aromatic heterocycles. The van der Waals surface area contributed by atoms with Crippen molar-refractivity contribution in [2.75, 3.05) is 54.6 Å². The Morgan fingerprint density at radius 3 is 2.10 bits per heavy atom. The van der Waals surface area contributed by atoms with Gasteiger partial charge in [-0.15, -0.1) is 0 Å². The van der Waals surface area contributed by atoms with Crippen LogP contribution in [0.3, 0.4) is 0 Å². The van der Waals surface area contributed by atoms with Crippen LogP contribution in [0.15, 0.2) is 36.4 Å². The lowest BCUT2D eigenvalue weighted by atomic mass is 10.1. The van der Waals surface area contributed by atoms with Crippen LogP contribution in [0, 0.1) is 0 Å². The molecule has 7 heteroatoms. The molecule has 3 rings (SSSR count). The van der Waals surface area contributed by atoms with E-state index >= 15 is 0 Å². The summed E-state index contributed by atoms with van der Waals surface area (Å²) < 4.78 is 21.5. The van der Waals surface area contributed by atoms with Crippen LogP contribution < -0.4 is 23.8 Å². The fourth-order valence-electron chi connectivity index (χ4n) is 3.86. The van der Waals surface area contributed by atoms with Crippen LogP contribution in [-0.4, -0.2) is 65.4 Å². The van der Waals surface area contributed by atoms with Gasteiger partial charge in [0.1, 0.15) is 12.3 Å². The SMILES string of the molecule is COc1ccc(C[NH+]2CCN(C(=O)Cc3ccc(OC)c(OC)c3OC)CC2)cc1. The normalized spacial score (nSPS) is 14.3. The van der Waals surface area contributed by atoms with Gasteiger partial charge < -0.3 is 28.7 Å². The number of rotatable bonds is 8. The quantitative estimate of drug-likeness (QED) is 0.702. The Morgan fingerprint density at radius 1 is 0.867 bits per heavy atom. The Labute approximate surface area is 178 Å². The zero-order chi connectivity index (χ0) is 21.5. The number of nitrogens with zero attached hydrogens (tertiary/aromatic N) is 1. The van der Waals surface area contributed by atoms with Crippen LogP contribution in [0.1, 0.15) is 11.1 Å². The first-order valence-corrected chi connectivity index (χ1v) is 10.1. The summed E-state index contributed by atoms with van der Waals surface area (Å²) in [6.45, 7) is 4.32. The lowest BCUT2D eigenvalue weighted by molar-refractivity contribution is -0.917. The minimum absolute atomic E-state index is 0.101. The number of carbonyl (C=O) groups is 1. The minimum Gasteiger partial charge on any atom is -0.497 e. The predicted octanol–water partition coefficient (Wildman–Crippen LogP) is 1.19. The number of ether oxygens (including phenoxy) is 4. The number of hydrogen-bond acceptors (Lipinski definition) is 5. The lowest BCUT2D eigenvalue weighted by Crippen LogP contribution is -3.13. The molecule has 7 nitrogen and oxygen atoms in total. The predicted molar refractivity (Wildman–Crippen MR) is 114 cm³/mol. The average Bonchev–Trinajstić information content (AvgIpc) is 2.79. The number of benzene rings is 2. The fraction of sp³-hybridized carbons (Fsp3) is 0.435. The van der Waals surface area contributed by atoms with Crippen molar-refractivity contribution >= 4 is 5.91 Å². The van der Waals surface area contributed by atoms with Crippen LogP contribution >= 0.6 is 0 Å². The molecule has 1 aliphatic heterocycles. The molecule has 0 radical (unpaired) electrons. The van der Waals surface area contributed by atoms with E-state index in [2.05, 4.69) is 12.1 Å². The number of carbonyl (C=O) groups excluding carboxylic acids is 1. The summed E-state index contributed by atoms with van der Waals surface area (Å²) in [5.41, 5.74) is 2.08. The summed E-state index contributed by atoms with van der Waals surface area (Å²) in [6.07, 6.45) is 0.275. The molecule has 0 bridgehead atoms. The Morgan fingerprint density at radius 2 is 1.53 bits per heavy atom. The molecule has 1 saturated heterocycles. The Hall–Kier alpha value is -2.93. The lowest BCUT2D eigenvalue weighted by Gasteiger charge is -2.32. The summed E-state index contributed by atoms with van der Waals surface area (Å²) in [6, 6.07) is 11.9. The van der Waals surface area contributed by atoms with E-state index in [0.29, 0.717) is 17.2 Å². The molecule has 1 heterocycles. The minimum atomic E-state index is 0.101. The first kappa shape index (κ1) is 21.8. The maximum Gasteiger partial charge on any atom is 0.227 e. The Kier molecular flexibility index (Phi) is 7.41. The zero-order valence-electron chi connectivity index (χ0n) is 18.2. The Bertz CT molecular complexity index is 845. The number of methoxy groups -OCH3 is 4.